The van der Waals surface area contributed by atoms with Crippen LogP contribution in [0.25, 0.3) is 0 Å². The molecule has 18 heavy (non-hydrogen) atoms. The van der Waals surface area contributed by atoms with Gasteiger partial charge >= 0.3 is 0 Å². The molecule has 1 N–H and O–H groups in total. The second-order valence-corrected chi connectivity index (χ2v) is 5.43. The molecule has 1 fully saturated rings. The van der Waals surface area contributed by atoms with Crippen LogP contribution in [0.2, 0.25) is 0 Å². The number of aryl methyl sites for hydroxylation is 1. The van der Waals surface area contributed by atoms with Crippen molar-refractivity contribution in [3.05, 3.63) is 35.4 Å². The minimum atomic E-state index is 0.309. The van der Waals surface area contributed by atoms with Gasteiger partial charge in [-0.05, 0) is 36.9 Å². The molecule has 1 unspecified atom stereocenters. The topological polar surface area (TPSA) is 21.3 Å². The van der Waals surface area contributed by atoms with Gasteiger partial charge in [0.05, 0.1) is 6.61 Å². The van der Waals surface area contributed by atoms with E-state index in [2.05, 4.69) is 43.4 Å². The Morgan fingerprint density at radius 3 is 2.44 bits per heavy atom. The third-order valence-electron chi connectivity index (χ3n) is 3.95. The summed E-state index contributed by atoms with van der Waals surface area (Å²) in [5.74, 6) is 0. The number of ether oxygens (including phenoxy) is 1. The van der Waals surface area contributed by atoms with Crippen LogP contribution in [-0.4, -0.2) is 26.3 Å². The van der Waals surface area contributed by atoms with E-state index in [0.717, 1.165) is 39.1 Å². The molecule has 1 heterocycles. The van der Waals surface area contributed by atoms with Crippen LogP contribution in [0.5, 0.6) is 0 Å². The van der Waals surface area contributed by atoms with Crippen LogP contribution < -0.4 is 5.32 Å². The van der Waals surface area contributed by atoms with Crippen LogP contribution in [0, 0.1) is 5.41 Å². The van der Waals surface area contributed by atoms with Gasteiger partial charge in [0.1, 0.15) is 0 Å². The molecule has 0 aliphatic carbocycles. The van der Waals surface area contributed by atoms with Gasteiger partial charge in [-0.3, -0.25) is 0 Å². The van der Waals surface area contributed by atoms with Crippen molar-refractivity contribution in [1.29, 1.82) is 0 Å². The molecule has 1 aliphatic heterocycles. The van der Waals surface area contributed by atoms with E-state index in [1.165, 1.54) is 17.5 Å². The average molecular weight is 247 g/mol. The van der Waals surface area contributed by atoms with Gasteiger partial charge in [0.15, 0.2) is 0 Å². The first-order valence-electron chi connectivity index (χ1n) is 7.14. The standard InChI is InChI=1S/C16H25NO/c1-3-14-5-7-15(8-6-14)11-16(12-17-4-2)9-10-18-13-16/h5-8,17H,3-4,9-13H2,1-2H3. The molecule has 1 atom stereocenters. The van der Waals surface area contributed by atoms with Crippen LogP contribution in [-0.2, 0) is 17.6 Å². The normalized spacial score (nSPS) is 23.4. The first-order valence-corrected chi connectivity index (χ1v) is 7.14. The third kappa shape index (κ3) is 3.33. The molecule has 1 aromatic rings. The summed E-state index contributed by atoms with van der Waals surface area (Å²) in [7, 11) is 0. The van der Waals surface area contributed by atoms with Crippen molar-refractivity contribution >= 4 is 0 Å². The van der Waals surface area contributed by atoms with Crippen LogP contribution >= 0.6 is 0 Å². The Bertz CT molecular complexity index is 352. The monoisotopic (exact) mass is 247 g/mol. The van der Waals surface area contributed by atoms with Crippen LogP contribution in [0.1, 0.15) is 31.4 Å². The predicted octanol–water partition coefficient (Wildman–Crippen LogP) is 2.81. The highest BCUT2D eigenvalue weighted by Gasteiger charge is 2.34. The van der Waals surface area contributed by atoms with E-state index in [1.54, 1.807) is 0 Å². The predicted molar refractivity (Wildman–Crippen MR) is 75.9 cm³/mol. The summed E-state index contributed by atoms with van der Waals surface area (Å²) < 4.78 is 5.63. The largest absolute Gasteiger partial charge is 0.381 e. The zero-order valence-corrected chi connectivity index (χ0v) is 11.7. The zero-order chi connectivity index (χ0) is 12.8. The van der Waals surface area contributed by atoms with Crippen LogP contribution in [0.4, 0.5) is 0 Å². The Morgan fingerprint density at radius 2 is 1.89 bits per heavy atom. The van der Waals surface area contributed by atoms with Crippen molar-refractivity contribution in [2.24, 2.45) is 5.41 Å². The molecule has 0 bridgehead atoms. The molecular weight excluding hydrogens is 222 g/mol. The van der Waals surface area contributed by atoms with Crippen LogP contribution in [0.3, 0.4) is 0 Å². The van der Waals surface area contributed by atoms with Gasteiger partial charge < -0.3 is 10.1 Å². The third-order valence-corrected chi connectivity index (χ3v) is 3.95. The fraction of sp³-hybridized carbons (Fsp3) is 0.625. The second-order valence-electron chi connectivity index (χ2n) is 5.43. The molecule has 0 amide bonds. The highest BCUT2D eigenvalue weighted by molar-refractivity contribution is 5.23. The van der Waals surface area contributed by atoms with Crippen molar-refractivity contribution in [1.82, 2.24) is 5.32 Å². The van der Waals surface area contributed by atoms with Gasteiger partial charge in [0.25, 0.3) is 0 Å². The van der Waals surface area contributed by atoms with Gasteiger partial charge in [-0.2, -0.15) is 0 Å². The lowest BCUT2D eigenvalue weighted by molar-refractivity contribution is 0.149. The molecule has 0 aromatic heterocycles. The van der Waals surface area contributed by atoms with E-state index >= 15 is 0 Å². The van der Waals surface area contributed by atoms with Gasteiger partial charge in [0.2, 0.25) is 0 Å². The summed E-state index contributed by atoms with van der Waals surface area (Å²) in [5, 5.41) is 3.49. The molecule has 2 nitrogen and oxygen atoms in total. The fourth-order valence-corrected chi connectivity index (χ4v) is 2.71. The Kier molecular flexibility index (Phi) is 4.79. The molecule has 0 radical (unpaired) electrons. The quantitative estimate of drug-likeness (QED) is 0.834. The smallest absolute Gasteiger partial charge is 0.0538 e. The molecule has 1 aliphatic rings. The highest BCUT2D eigenvalue weighted by atomic mass is 16.5. The Morgan fingerprint density at radius 1 is 1.17 bits per heavy atom. The van der Waals surface area contributed by atoms with E-state index in [1.807, 2.05) is 0 Å². The van der Waals surface area contributed by atoms with Gasteiger partial charge in [0, 0.05) is 18.6 Å². The highest BCUT2D eigenvalue weighted by Crippen LogP contribution is 2.32. The Labute approximate surface area is 111 Å². The summed E-state index contributed by atoms with van der Waals surface area (Å²) in [6, 6.07) is 9.08. The molecule has 1 saturated heterocycles. The van der Waals surface area contributed by atoms with Gasteiger partial charge in [-0.25, -0.2) is 0 Å². The molecule has 0 saturated carbocycles. The molecular formula is C16H25NO. The molecule has 0 spiro atoms. The van der Waals surface area contributed by atoms with Crippen molar-refractivity contribution in [2.75, 3.05) is 26.3 Å². The summed E-state index contributed by atoms with van der Waals surface area (Å²) in [6.45, 7) is 8.29. The first kappa shape index (κ1) is 13.6. The van der Waals surface area contributed by atoms with E-state index < -0.39 is 0 Å². The molecule has 2 heteroatoms. The Hall–Kier alpha value is -0.860. The maximum atomic E-state index is 5.63. The lowest BCUT2D eigenvalue weighted by atomic mass is 9.80. The minimum absolute atomic E-state index is 0.309. The summed E-state index contributed by atoms with van der Waals surface area (Å²) in [5.41, 5.74) is 3.17. The van der Waals surface area contributed by atoms with E-state index in [9.17, 15) is 0 Å². The fourth-order valence-electron chi connectivity index (χ4n) is 2.71. The minimum Gasteiger partial charge on any atom is -0.381 e. The molecule has 1 aromatic carbocycles. The number of hydrogen-bond acceptors (Lipinski definition) is 2. The summed E-state index contributed by atoms with van der Waals surface area (Å²) >= 11 is 0. The van der Waals surface area contributed by atoms with Gasteiger partial charge in [-0.1, -0.05) is 38.1 Å². The van der Waals surface area contributed by atoms with Crippen molar-refractivity contribution in [3.8, 4) is 0 Å². The molecule has 100 valence electrons. The van der Waals surface area contributed by atoms with Crippen molar-refractivity contribution in [3.63, 3.8) is 0 Å². The number of rotatable bonds is 6. The Balaban J connectivity index is 2.03. The van der Waals surface area contributed by atoms with Crippen LogP contribution in [0.15, 0.2) is 24.3 Å². The zero-order valence-electron chi connectivity index (χ0n) is 11.7. The average Bonchev–Trinajstić information content (AvgIpc) is 2.86. The molecule has 2 rings (SSSR count). The van der Waals surface area contributed by atoms with Crippen molar-refractivity contribution < 1.29 is 4.74 Å². The second kappa shape index (κ2) is 6.35. The number of benzene rings is 1. The number of hydrogen-bond donors (Lipinski definition) is 1. The maximum Gasteiger partial charge on any atom is 0.0538 e. The SMILES string of the molecule is CCNCC1(Cc2ccc(CC)cc2)CCOC1. The lowest BCUT2D eigenvalue weighted by Gasteiger charge is -2.27. The van der Waals surface area contributed by atoms with Gasteiger partial charge in [-0.15, -0.1) is 0 Å². The first-order chi connectivity index (χ1) is 8.78. The maximum absolute atomic E-state index is 5.63. The summed E-state index contributed by atoms with van der Waals surface area (Å²) in [4.78, 5) is 0. The summed E-state index contributed by atoms with van der Waals surface area (Å²) in [6.07, 6.45) is 3.42. The van der Waals surface area contributed by atoms with Crippen molar-refractivity contribution in [2.45, 2.75) is 33.1 Å². The van der Waals surface area contributed by atoms with E-state index in [-0.39, 0.29) is 0 Å². The van der Waals surface area contributed by atoms with E-state index in [0.29, 0.717) is 5.41 Å². The van der Waals surface area contributed by atoms with E-state index in [4.69, 9.17) is 4.74 Å². The lowest BCUT2D eigenvalue weighted by Crippen LogP contribution is -2.36. The number of nitrogens with one attached hydrogen (secondary N) is 1.